The smallest absolute Gasteiger partial charge is 0.119 e. The molecular formula is C19H24O2. The molecule has 0 aliphatic carbocycles. The summed E-state index contributed by atoms with van der Waals surface area (Å²) < 4.78 is 5.25. The van der Waals surface area contributed by atoms with E-state index in [4.69, 9.17) is 4.74 Å². The lowest BCUT2D eigenvalue weighted by molar-refractivity contribution is 0.215. The minimum absolute atomic E-state index is 0.242. The molecule has 0 radical (unpaired) electrons. The summed E-state index contributed by atoms with van der Waals surface area (Å²) in [7, 11) is 1.68. The molecule has 0 aromatic heterocycles. The molecule has 1 unspecified atom stereocenters. The fourth-order valence-electron chi connectivity index (χ4n) is 2.63. The molecule has 0 saturated heterocycles. The Balaban J connectivity index is 1.82. The van der Waals surface area contributed by atoms with Gasteiger partial charge in [0.25, 0.3) is 0 Å². The number of aliphatic hydroxyl groups excluding tert-OH is 1. The van der Waals surface area contributed by atoms with E-state index in [1.165, 1.54) is 11.1 Å². The van der Waals surface area contributed by atoms with Crippen LogP contribution in [0.5, 0.6) is 5.75 Å². The first kappa shape index (κ1) is 15.6. The topological polar surface area (TPSA) is 29.5 Å². The zero-order valence-corrected chi connectivity index (χ0v) is 12.7. The Morgan fingerprint density at radius 2 is 1.76 bits per heavy atom. The molecule has 21 heavy (non-hydrogen) atoms. The zero-order chi connectivity index (χ0) is 14.9. The van der Waals surface area contributed by atoms with Crippen molar-refractivity contribution in [2.45, 2.75) is 25.7 Å². The maximum Gasteiger partial charge on any atom is 0.119 e. The van der Waals surface area contributed by atoms with Crippen molar-refractivity contribution in [2.24, 2.45) is 5.92 Å². The van der Waals surface area contributed by atoms with Gasteiger partial charge in [-0.1, -0.05) is 42.5 Å². The SMILES string of the molecule is COc1cccc(CC(CO)CCCc2ccccc2)c1. The first-order valence-electron chi connectivity index (χ1n) is 7.59. The quantitative estimate of drug-likeness (QED) is 0.797. The van der Waals surface area contributed by atoms with E-state index in [2.05, 4.69) is 36.4 Å². The van der Waals surface area contributed by atoms with E-state index in [9.17, 15) is 5.11 Å². The van der Waals surface area contributed by atoms with Gasteiger partial charge in [-0.15, -0.1) is 0 Å². The molecule has 112 valence electrons. The molecule has 2 aromatic carbocycles. The fraction of sp³-hybridized carbons (Fsp3) is 0.368. The molecule has 0 spiro atoms. The number of hydrogen-bond acceptors (Lipinski definition) is 2. The van der Waals surface area contributed by atoms with Crippen LogP contribution in [0.3, 0.4) is 0 Å². The summed E-state index contributed by atoms with van der Waals surface area (Å²) in [5.74, 6) is 1.20. The molecular weight excluding hydrogens is 260 g/mol. The van der Waals surface area contributed by atoms with Crippen molar-refractivity contribution in [3.63, 3.8) is 0 Å². The van der Waals surface area contributed by atoms with Gasteiger partial charge in [-0.05, 0) is 54.9 Å². The molecule has 2 heteroatoms. The third kappa shape index (κ3) is 5.24. The van der Waals surface area contributed by atoms with Gasteiger partial charge in [0.05, 0.1) is 7.11 Å². The molecule has 0 fully saturated rings. The van der Waals surface area contributed by atoms with Crippen molar-refractivity contribution < 1.29 is 9.84 Å². The molecule has 0 bridgehead atoms. The number of ether oxygens (including phenoxy) is 1. The lowest BCUT2D eigenvalue weighted by atomic mass is 9.93. The Bertz CT molecular complexity index is 522. The van der Waals surface area contributed by atoms with Crippen LogP contribution < -0.4 is 4.74 Å². The van der Waals surface area contributed by atoms with E-state index in [-0.39, 0.29) is 6.61 Å². The maximum absolute atomic E-state index is 9.58. The molecule has 0 heterocycles. The highest BCUT2D eigenvalue weighted by Crippen LogP contribution is 2.19. The molecule has 0 aliphatic rings. The van der Waals surface area contributed by atoms with Crippen LogP contribution in [-0.4, -0.2) is 18.8 Å². The zero-order valence-electron chi connectivity index (χ0n) is 12.7. The van der Waals surface area contributed by atoms with E-state index < -0.39 is 0 Å². The van der Waals surface area contributed by atoms with Gasteiger partial charge in [0.1, 0.15) is 5.75 Å². The van der Waals surface area contributed by atoms with Gasteiger partial charge in [-0.2, -0.15) is 0 Å². The first-order chi connectivity index (χ1) is 10.3. The van der Waals surface area contributed by atoms with Crippen molar-refractivity contribution >= 4 is 0 Å². The molecule has 0 aliphatic heterocycles. The minimum atomic E-state index is 0.242. The van der Waals surface area contributed by atoms with Crippen molar-refractivity contribution in [3.8, 4) is 5.75 Å². The predicted molar refractivity (Wildman–Crippen MR) is 86.7 cm³/mol. The van der Waals surface area contributed by atoms with Crippen molar-refractivity contribution in [3.05, 3.63) is 65.7 Å². The Labute approximate surface area is 127 Å². The van der Waals surface area contributed by atoms with Crippen LogP contribution in [0, 0.1) is 5.92 Å². The highest BCUT2D eigenvalue weighted by Gasteiger charge is 2.09. The summed E-state index contributed by atoms with van der Waals surface area (Å²) in [6.07, 6.45) is 4.14. The standard InChI is InChI=1S/C19H24O2/c1-21-19-12-6-10-17(14-19)13-18(15-20)11-5-9-16-7-3-2-4-8-16/h2-4,6-8,10,12,14,18,20H,5,9,11,13,15H2,1H3. The lowest BCUT2D eigenvalue weighted by Gasteiger charge is -2.14. The Morgan fingerprint density at radius 1 is 1.00 bits per heavy atom. The van der Waals surface area contributed by atoms with Crippen LogP contribution in [0.2, 0.25) is 0 Å². The summed E-state index contributed by atoms with van der Waals surface area (Å²) >= 11 is 0. The first-order valence-corrected chi connectivity index (χ1v) is 7.59. The summed E-state index contributed by atoms with van der Waals surface area (Å²) in [6.45, 7) is 0.242. The molecule has 2 rings (SSSR count). The van der Waals surface area contributed by atoms with Gasteiger partial charge in [-0.25, -0.2) is 0 Å². The van der Waals surface area contributed by atoms with Gasteiger partial charge in [0, 0.05) is 6.61 Å². The molecule has 1 atom stereocenters. The summed E-state index contributed by atoms with van der Waals surface area (Å²) in [4.78, 5) is 0. The van der Waals surface area contributed by atoms with Gasteiger partial charge >= 0.3 is 0 Å². The van der Waals surface area contributed by atoms with Gasteiger partial charge < -0.3 is 9.84 Å². The summed E-state index contributed by atoms with van der Waals surface area (Å²) in [6, 6.07) is 18.6. The molecule has 0 saturated carbocycles. The number of benzene rings is 2. The fourth-order valence-corrected chi connectivity index (χ4v) is 2.63. The van der Waals surface area contributed by atoms with Crippen molar-refractivity contribution in [2.75, 3.05) is 13.7 Å². The van der Waals surface area contributed by atoms with Gasteiger partial charge in [0.15, 0.2) is 0 Å². The van der Waals surface area contributed by atoms with Crippen LogP contribution >= 0.6 is 0 Å². The number of aliphatic hydroxyl groups is 1. The highest BCUT2D eigenvalue weighted by molar-refractivity contribution is 5.28. The van der Waals surface area contributed by atoms with Gasteiger partial charge in [-0.3, -0.25) is 0 Å². The van der Waals surface area contributed by atoms with E-state index in [1.807, 2.05) is 18.2 Å². The monoisotopic (exact) mass is 284 g/mol. The maximum atomic E-state index is 9.58. The number of methoxy groups -OCH3 is 1. The molecule has 0 amide bonds. The second kappa shape index (κ2) is 8.48. The van der Waals surface area contributed by atoms with E-state index in [0.29, 0.717) is 5.92 Å². The Kier molecular flexibility index (Phi) is 6.29. The lowest BCUT2D eigenvalue weighted by Crippen LogP contribution is -2.10. The molecule has 2 nitrogen and oxygen atoms in total. The minimum Gasteiger partial charge on any atom is -0.497 e. The second-order valence-corrected chi connectivity index (χ2v) is 5.48. The van der Waals surface area contributed by atoms with Crippen molar-refractivity contribution in [1.82, 2.24) is 0 Å². The summed E-state index contributed by atoms with van der Waals surface area (Å²) in [5.41, 5.74) is 2.60. The third-order valence-corrected chi connectivity index (χ3v) is 3.84. The Hall–Kier alpha value is -1.80. The Morgan fingerprint density at radius 3 is 2.48 bits per heavy atom. The normalized spacial score (nSPS) is 12.1. The largest absolute Gasteiger partial charge is 0.497 e. The summed E-state index contributed by atoms with van der Waals surface area (Å²) in [5, 5.41) is 9.58. The number of rotatable bonds is 8. The van der Waals surface area contributed by atoms with Crippen LogP contribution in [0.4, 0.5) is 0 Å². The molecule has 1 N–H and O–H groups in total. The van der Waals surface area contributed by atoms with E-state index in [1.54, 1.807) is 7.11 Å². The third-order valence-electron chi connectivity index (χ3n) is 3.84. The predicted octanol–water partition coefficient (Wildman–Crippen LogP) is 3.87. The number of aryl methyl sites for hydroxylation is 1. The highest BCUT2D eigenvalue weighted by atomic mass is 16.5. The van der Waals surface area contributed by atoms with Crippen LogP contribution in [0.1, 0.15) is 24.0 Å². The molecule has 2 aromatic rings. The van der Waals surface area contributed by atoms with Gasteiger partial charge in [0.2, 0.25) is 0 Å². The van der Waals surface area contributed by atoms with E-state index >= 15 is 0 Å². The second-order valence-electron chi connectivity index (χ2n) is 5.48. The van der Waals surface area contributed by atoms with Crippen molar-refractivity contribution in [1.29, 1.82) is 0 Å². The number of hydrogen-bond donors (Lipinski definition) is 1. The average molecular weight is 284 g/mol. The average Bonchev–Trinajstić information content (AvgIpc) is 2.55. The van der Waals surface area contributed by atoms with E-state index in [0.717, 1.165) is 31.4 Å². The van der Waals surface area contributed by atoms with Crippen LogP contribution in [-0.2, 0) is 12.8 Å². The van der Waals surface area contributed by atoms with Crippen LogP contribution in [0.25, 0.3) is 0 Å². The van der Waals surface area contributed by atoms with Crippen LogP contribution in [0.15, 0.2) is 54.6 Å².